The van der Waals surface area contributed by atoms with E-state index in [2.05, 4.69) is 45.6 Å². The smallest absolute Gasteiger partial charge is 0.453 e. The molecule has 2 amide bonds. The predicted octanol–water partition coefficient (Wildman–Crippen LogP) is 5.14. The summed E-state index contributed by atoms with van der Waals surface area (Å²) in [5, 5.41) is 16.9. The zero-order chi connectivity index (χ0) is 28.2. The van der Waals surface area contributed by atoms with E-state index in [4.69, 9.17) is 0 Å². The van der Waals surface area contributed by atoms with Crippen molar-refractivity contribution in [1.29, 1.82) is 0 Å². The van der Waals surface area contributed by atoms with Crippen molar-refractivity contribution >= 4 is 28.6 Å². The first kappa shape index (κ1) is 26.7. The highest BCUT2D eigenvalue weighted by Crippen LogP contribution is 2.52. The fourth-order valence-electron chi connectivity index (χ4n) is 4.98. The molecule has 2 heterocycles. The van der Waals surface area contributed by atoms with Crippen LogP contribution in [0.5, 0.6) is 11.5 Å². The number of aliphatic hydroxyl groups excluding tert-OH is 1. The molecule has 3 N–H and O–H groups in total. The average Bonchev–Trinajstić information content (AvgIpc) is 3.51. The van der Waals surface area contributed by atoms with E-state index in [1.165, 1.54) is 19.2 Å². The monoisotopic (exact) mass is 547 g/mol. The molecule has 1 saturated carbocycles. The van der Waals surface area contributed by atoms with Crippen molar-refractivity contribution in [3.05, 3.63) is 53.7 Å². The van der Waals surface area contributed by atoms with Crippen LogP contribution in [0, 0.1) is 0 Å². The number of hydrogen-bond donors (Lipinski definition) is 3. The van der Waals surface area contributed by atoms with Crippen molar-refractivity contribution in [1.82, 2.24) is 9.88 Å². The minimum Gasteiger partial charge on any atom is -0.453 e. The lowest BCUT2D eigenvalue weighted by Crippen LogP contribution is -2.35. The van der Waals surface area contributed by atoms with Crippen molar-refractivity contribution in [2.24, 2.45) is 0 Å². The van der Waals surface area contributed by atoms with Gasteiger partial charge in [-0.25, -0.2) is 4.79 Å². The van der Waals surface area contributed by atoms with Crippen molar-refractivity contribution in [2.45, 2.75) is 63.4 Å². The lowest BCUT2D eigenvalue weighted by Gasteiger charge is -2.24. The molecule has 0 saturated heterocycles. The molecule has 11 heteroatoms. The van der Waals surface area contributed by atoms with E-state index in [0.717, 1.165) is 16.6 Å². The van der Waals surface area contributed by atoms with Gasteiger partial charge < -0.3 is 34.5 Å². The number of nitrogens with zero attached hydrogens (tertiary/aromatic N) is 1. The van der Waals surface area contributed by atoms with Gasteiger partial charge in [-0.15, -0.1) is 8.78 Å². The Kier molecular flexibility index (Phi) is 6.45. The Morgan fingerprint density at radius 3 is 2.51 bits per heavy atom. The zero-order valence-corrected chi connectivity index (χ0v) is 22.1. The average molecular weight is 548 g/mol. The topological polar surface area (TPSA) is 111 Å². The summed E-state index contributed by atoms with van der Waals surface area (Å²) >= 11 is 0. The Hall–Kier alpha value is -3.86. The molecule has 3 aromatic rings. The maximum Gasteiger partial charge on any atom is 0.586 e. The third-order valence-corrected chi connectivity index (χ3v) is 7.13. The van der Waals surface area contributed by atoms with Crippen molar-refractivity contribution in [3.63, 3.8) is 0 Å². The van der Waals surface area contributed by atoms with Crippen LogP contribution in [-0.2, 0) is 26.9 Å². The molecule has 2 aromatic carbocycles. The second-order valence-corrected chi connectivity index (χ2v) is 11.1. The van der Waals surface area contributed by atoms with Crippen molar-refractivity contribution in [2.75, 3.05) is 19.0 Å². The number of benzene rings is 2. The van der Waals surface area contributed by atoms with E-state index < -0.39 is 23.9 Å². The first-order valence-electron chi connectivity index (χ1n) is 12.7. The molecule has 9 nitrogen and oxygen atoms in total. The molecule has 2 aliphatic rings. The van der Waals surface area contributed by atoms with Crippen LogP contribution in [0.25, 0.3) is 10.9 Å². The van der Waals surface area contributed by atoms with Gasteiger partial charge in [0.2, 0.25) is 5.91 Å². The quantitative estimate of drug-likeness (QED) is 0.378. The van der Waals surface area contributed by atoms with E-state index in [-0.39, 0.29) is 38.8 Å². The largest absolute Gasteiger partial charge is 0.586 e. The highest BCUT2D eigenvalue weighted by molar-refractivity contribution is 6.02. The third-order valence-electron chi connectivity index (χ3n) is 7.13. The van der Waals surface area contributed by atoms with Crippen LogP contribution in [0.3, 0.4) is 0 Å². The molecule has 0 radical (unpaired) electrons. The summed E-state index contributed by atoms with van der Waals surface area (Å²) in [5.41, 5.74) is 1.96. The number of halogens is 2. The number of alkyl carbamates (subject to hydrolysis) is 1. The summed E-state index contributed by atoms with van der Waals surface area (Å²) in [4.78, 5) is 24.8. The normalized spacial score (nSPS) is 17.5. The number of carbonyl (C=O) groups excluding carboxylic acids is 2. The Morgan fingerprint density at radius 2 is 1.85 bits per heavy atom. The molecule has 0 bridgehead atoms. The van der Waals surface area contributed by atoms with Crippen LogP contribution in [0.1, 0.15) is 47.7 Å². The van der Waals surface area contributed by atoms with Crippen LogP contribution in [-0.4, -0.2) is 47.7 Å². The number of alkyl halides is 2. The van der Waals surface area contributed by atoms with E-state index in [1.807, 2.05) is 22.8 Å². The molecule has 0 unspecified atom stereocenters. The molecular formula is C28H35F2N3O6. The molecule has 1 aromatic heterocycles. The van der Waals surface area contributed by atoms with Gasteiger partial charge in [0.25, 0.3) is 0 Å². The number of methoxy groups -OCH3 is 1. The van der Waals surface area contributed by atoms with Crippen LogP contribution in [0.4, 0.5) is 19.3 Å². The number of nitrogens with one attached hydrogen (secondary N) is 2. The van der Waals surface area contributed by atoms with Crippen molar-refractivity contribution < 1.29 is 40.5 Å². The standard InChI is InChI=1S/C28H31F2N3O6.2H2/c1-26(2,3)23-12-16-11-18(6-7-20(16)33(23)15-19(34)14-31-25(36)37-4)32-24(35)27(9-10-27)17-5-8-21-22(13-17)39-28(29,30)38-21;;/h5-8,11-13,19,34H,9-10,14-15H2,1-4H3,(H,31,36)(H,32,35);2*1H/t19-;;/m0../s1. The van der Waals surface area contributed by atoms with Gasteiger partial charge in [-0.2, -0.15) is 0 Å². The second-order valence-electron chi connectivity index (χ2n) is 11.1. The van der Waals surface area contributed by atoms with E-state index in [1.54, 1.807) is 12.1 Å². The Bertz CT molecular complexity index is 1450. The summed E-state index contributed by atoms with van der Waals surface area (Å²) in [5.74, 6) is -0.374. The number of aliphatic hydroxyl groups is 1. The minimum atomic E-state index is -3.72. The van der Waals surface area contributed by atoms with E-state index in [9.17, 15) is 23.5 Å². The summed E-state index contributed by atoms with van der Waals surface area (Å²) in [7, 11) is 1.26. The number of fused-ring (bicyclic) bond motifs is 2. The summed E-state index contributed by atoms with van der Waals surface area (Å²) in [6.07, 6.45) is -4.02. The van der Waals surface area contributed by atoms with Gasteiger partial charge in [0.15, 0.2) is 11.5 Å². The van der Waals surface area contributed by atoms with Gasteiger partial charge in [0.1, 0.15) is 0 Å². The van der Waals surface area contributed by atoms with Crippen LogP contribution >= 0.6 is 0 Å². The highest BCUT2D eigenvalue weighted by atomic mass is 19.3. The van der Waals surface area contributed by atoms with Gasteiger partial charge in [-0.05, 0) is 54.8 Å². The first-order valence-corrected chi connectivity index (χ1v) is 12.7. The van der Waals surface area contributed by atoms with E-state index in [0.29, 0.717) is 24.1 Å². The van der Waals surface area contributed by atoms with Crippen LogP contribution in [0.2, 0.25) is 0 Å². The number of amides is 2. The fraction of sp³-hybridized carbons (Fsp3) is 0.429. The predicted molar refractivity (Wildman–Crippen MR) is 143 cm³/mol. The third kappa shape index (κ3) is 5.23. The van der Waals surface area contributed by atoms with Gasteiger partial charge >= 0.3 is 12.4 Å². The minimum absolute atomic E-state index is 0. The highest BCUT2D eigenvalue weighted by Gasteiger charge is 2.52. The number of ether oxygens (including phenoxy) is 3. The molecule has 1 aliphatic carbocycles. The molecular weight excluding hydrogens is 512 g/mol. The van der Waals surface area contributed by atoms with Crippen LogP contribution < -0.4 is 20.1 Å². The number of hydrogen-bond acceptors (Lipinski definition) is 6. The molecule has 1 aliphatic heterocycles. The number of anilines is 1. The SMILES string of the molecule is COC(=O)NC[C@H](O)Cn1c(C(C)(C)C)cc2cc(NC(=O)C3(c4ccc5c(c4)OC(F)(F)O5)CC3)ccc21.[HH].[HH]. The van der Waals surface area contributed by atoms with Crippen LogP contribution in [0.15, 0.2) is 42.5 Å². The summed E-state index contributed by atoms with van der Waals surface area (Å²) in [6.45, 7) is 6.48. The van der Waals surface area contributed by atoms with Gasteiger partial charge in [0.05, 0.1) is 25.2 Å². The maximum atomic E-state index is 13.5. The maximum absolute atomic E-state index is 13.5. The molecule has 0 spiro atoms. The second kappa shape index (κ2) is 9.41. The van der Waals surface area contributed by atoms with Gasteiger partial charge in [-0.1, -0.05) is 26.8 Å². The number of carbonyl (C=O) groups is 2. The zero-order valence-electron chi connectivity index (χ0n) is 22.1. The lowest BCUT2D eigenvalue weighted by molar-refractivity contribution is -0.286. The number of rotatable bonds is 7. The Balaban J connectivity index is 0.00000231. The molecule has 212 valence electrons. The lowest BCUT2D eigenvalue weighted by atomic mass is 9.92. The molecule has 1 atom stereocenters. The van der Waals surface area contributed by atoms with Crippen molar-refractivity contribution in [3.8, 4) is 11.5 Å². The molecule has 39 heavy (non-hydrogen) atoms. The first-order chi connectivity index (χ1) is 18.3. The summed E-state index contributed by atoms with van der Waals surface area (Å²) < 4.78 is 42.5. The van der Waals surface area contributed by atoms with Gasteiger partial charge in [-0.3, -0.25) is 4.79 Å². The summed E-state index contributed by atoms with van der Waals surface area (Å²) in [6, 6.07) is 12.0. The Morgan fingerprint density at radius 1 is 1.13 bits per heavy atom. The number of aromatic nitrogens is 1. The van der Waals surface area contributed by atoms with Gasteiger partial charge in [0, 0.05) is 37.1 Å². The molecule has 5 rings (SSSR count). The molecule has 1 fully saturated rings. The fourth-order valence-corrected chi connectivity index (χ4v) is 4.98. The van der Waals surface area contributed by atoms with E-state index >= 15 is 0 Å². The Labute approximate surface area is 227 Å².